The number of nitrogens with two attached hydrogens (primary N) is 1. The summed E-state index contributed by atoms with van der Waals surface area (Å²) < 4.78 is 10.9. The zero-order valence-corrected chi connectivity index (χ0v) is 12.0. The Bertz CT molecular complexity index is 462. The maximum absolute atomic E-state index is 11.9. The summed E-state index contributed by atoms with van der Waals surface area (Å²) in [6.45, 7) is 5.03. The molecule has 0 saturated carbocycles. The summed E-state index contributed by atoms with van der Waals surface area (Å²) >= 11 is 0. The van der Waals surface area contributed by atoms with E-state index in [2.05, 4.69) is 5.32 Å². The molecule has 1 aliphatic rings. The van der Waals surface area contributed by atoms with Gasteiger partial charge in [-0.1, -0.05) is 12.1 Å². The van der Waals surface area contributed by atoms with Crippen LogP contribution in [0.3, 0.4) is 0 Å². The molecule has 1 saturated heterocycles. The largest absolute Gasteiger partial charge is 0.346 e. The second-order valence-corrected chi connectivity index (χ2v) is 5.74. The zero-order valence-electron chi connectivity index (χ0n) is 12.0. The summed E-state index contributed by atoms with van der Waals surface area (Å²) in [5, 5.41) is 2.87. The van der Waals surface area contributed by atoms with Crippen molar-refractivity contribution in [1.29, 1.82) is 0 Å². The van der Waals surface area contributed by atoms with Gasteiger partial charge in [0, 0.05) is 23.2 Å². The summed E-state index contributed by atoms with van der Waals surface area (Å²) in [7, 11) is 0. The summed E-state index contributed by atoms with van der Waals surface area (Å²) in [4.78, 5) is 11.9. The molecule has 0 unspecified atom stereocenters. The highest BCUT2D eigenvalue weighted by Crippen LogP contribution is 2.25. The first kappa shape index (κ1) is 15.0. The molecule has 0 aromatic heterocycles. The number of hydrogen-bond donors (Lipinski definition) is 2. The van der Waals surface area contributed by atoms with Crippen molar-refractivity contribution in [2.24, 2.45) is 5.73 Å². The SMILES string of the molecule is CC(C)(N)CCC(=O)Nc1cccc(C2OCCO2)c1. The molecule has 3 N–H and O–H groups in total. The molecule has 5 heteroatoms. The van der Waals surface area contributed by atoms with E-state index < -0.39 is 0 Å². The van der Waals surface area contributed by atoms with E-state index in [-0.39, 0.29) is 17.7 Å². The van der Waals surface area contributed by atoms with Gasteiger partial charge in [0.1, 0.15) is 0 Å². The fraction of sp³-hybridized carbons (Fsp3) is 0.533. The normalized spacial score (nSPS) is 16.4. The van der Waals surface area contributed by atoms with E-state index >= 15 is 0 Å². The molecule has 5 nitrogen and oxygen atoms in total. The van der Waals surface area contributed by atoms with Crippen molar-refractivity contribution in [3.05, 3.63) is 29.8 Å². The van der Waals surface area contributed by atoms with Crippen molar-refractivity contribution < 1.29 is 14.3 Å². The lowest BCUT2D eigenvalue weighted by molar-refractivity contribution is -0.116. The maximum Gasteiger partial charge on any atom is 0.224 e. The van der Waals surface area contributed by atoms with Crippen molar-refractivity contribution in [2.45, 2.75) is 38.5 Å². The van der Waals surface area contributed by atoms with Gasteiger partial charge in [-0.15, -0.1) is 0 Å². The highest BCUT2D eigenvalue weighted by molar-refractivity contribution is 5.90. The van der Waals surface area contributed by atoms with Gasteiger partial charge in [-0.2, -0.15) is 0 Å². The molecule has 0 radical (unpaired) electrons. The number of nitrogens with one attached hydrogen (secondary N) is 1. The molecule has 0 spiro atoms. The molecule has 1 aromatic rings. The van der Waals surface area contributed by atoms with Crippen LogP contribution in [-0.2, 0) is 14.3 Å². The number of carbonyl (C=O) groups excluding carboxylic acids is 1. The third-order valence-corrected chi connectivity index (χ3v) is 3.06. The predicted octanol–water partition coefficient (Wildman–Crippen LogP) is 2.19. The molecule has 2 rings (SSSR count). The van der Waals surface area contributed by atoms with E-state index in [1.807, 2.05) is 38.1 Å². The first-order chi connectivity index (χ1) is 9.44. The van der Waals surface area contributed by atoms with Crippen molar-refractivity contribution >= 4 is 11.6 Å². The Kier molecular flexibility index (Phi) is 4.75. The van der Waals surface area contributed by atoms with Gasteiger partial charge in [0.2, 0.25) is 5.91 Å². The number of anilines is 1. The second-order valence-electron chi connectivity index (χ2n) is 5.74. The van der Waals surface area contributed by atoms with Crippen LogP contribution in [0.5, 0.6) is 0 Å². The lowest BCUT2D eigenvalue weighted by atomic mass is 10.00. The predicted molar refractivity (Wildman–Crippen MR) is 77.2 cm³/mol. The summed E-state index contributed by atoms with van der Waals surface area (Å²) in [6.07, 6.45) is 0.729. The van der Waals surface area contributed by atoms with Gasteiger partial charge in [-0.3, -0.25) is 4.79 Å². The second kappa shape index (κ2) is 6.35. The van der Waals surface area contributed by atoms with E-state index in [4.69, 9.17) is 15.2 Å². The minimum Gasteiger partial charge on any atom is -0.346 e. The van der Waals surface area contributed by atoms with Gasteiger partial charge in [0.25, 0.3) is 0 Å². The number of ether oxygens (including phenoxy) is 2. The van der Waals surface area contributed by atoms with Crippen LogP contribution < -0.4 is 11.1 Å². The topological polar surface area (TPSA) is 73.6 Å². The Labute approximate surface area is 119 Å². The van der Waals surface area contributed by atoms with Crippen molar-refractivity contribution in [3.8, 4) is 0 Å². The number of benzene rings is 1. The Morgan fingerprint density at radius 2 is 2.10 bits per heavy atom. The smallest absolute Gasteiger partial charge is 0.224 e. The summed E-state index contributed by atoms with van der Waals surface area (Å²) in [5.41, 5.74) is 7.21. The van der Waals surface area contributed by atoms with Crippen LogP contribution in [0, 0.1) is 0 Å². The van der Waals surface area contributed by atoms with Gasteiger partial charge in [-0.05, 0) is 32.4 Å². The third kappa shape index (κ3) is 4.59. The van der Waals surface area contributed by atoms with Gasteiger partial charge in [0.15, 0.2) is 6.29 Å². The zero-order chi connectivity index (χ0) is 14.6. The van der Waals surface area contributed by atoms with Crippen LogP contribution in [-0.4, -0.2) is 24.7 Å². The minimum atomic E-state index is -0.329. The number of carbonyl (C=O) groups is 1. The van der Waals surface area contributed by atoms with Crippen LogP contribution in [0.25, 0.3) is 0 Å². The molecule has 1 heterocycles. The molecular formula is C15H22N2O3. The average Bonchev–Trinajstić information content (AvgIpc) is 2.90. The monoisotopic (exact) mass is 278 g/mol. The summed E-state index contributed by atoms with van der Waals surface area (Å²) in [5.74, 6) is -0.0334. The van der Waals surface area contributed by atoms with Gasteiger partial charge >= 0.3 is 0 Å². The fourth-order valence-electron chi connectivity index (χ4n) is 1.97. The van der Waals surface area contributed by atoms with Crippen LogP contribution in [0.4, 0.5) is 5.69 Å². The molecule has 20 heavy (non-hydrogen) atoms. The Hall–Kier alpha value is -1.43. The molecule has 1 amide bonds. The van der Waals surface area contributed by atoms with Crippen molar-refractivity contribution in [1.82, 2.24) is 0 Å². The summed E-state index contributed by atoms with van der Waals surface area (Å²) in [6, 6.07) is 7.53. The van der Waals surface area contributed by atoms with Gasteiger partial charge in [0.05, 0.1) is 13.2 Å². The molecule has 0 aliphatic carbocycles. The van der Waals surface area contributed by atoms with E-state index in [0.717, 1.165) is 11.3 Å². The Morgan fingerprint density at radius 3 is 2.75 bits per heavy atom. The molecule has 1 fully saturated rings. The van der Waals surface area contributed by atoms with E-state index in [1.54, 1.807) is 0 Å². The Balaban J connectivity index is 1.92. The number of amides is 1. The molecule has 110 valence electrons. The number of hydrogen-bond acceptors (Lipinski definition) is 4. The van der Waals surface area contributed by atoms with Gasteiger partial charge < -0.3 is 20.5 Å². The average molecular weight is 278 g/mol. The minimum absolute atomic E-state index is 0.0334. The Morgan fingerprint density at radius 1 is 1.40 bits per heavy atom. The molecule has 0 bridgehead atoms. The van der Waals surface area contributed by atoms with Crippen molar-refractivity contribution in [2.75, 3.05) is 18.5 Å². The molecule has 0 atom stereocenters. The lowest BCUT2D eigenvalue weighted by Crippen LogP contribution is -2.33. The van der Waals surface area contributed by atoms with E-state index in [9.17, 15) is 4.79 Å². The van der Waals surface area contributed by atoms with E-state index in [0.29, 0.717) is 26.1 Å². The third-order valence-electron chi connectivity index (χ3n) is 3.06. The first-order valence-corrected chi connectivity index (χ1v) is 6.86. The van der Waals surface area contributed by atoms with Gasteiger partial charge in [-0.25, -0.2) is 0 Å². The van der Waals surface area contributed by atoms with Crippen molar-refractivity contribution in [3.63, 3.8) is 0 Å². The first-order valence-electron chi connectivity index (χ1n) is 6.86. The van der Waals surface area contributed by atoms with E-state index in [1.165, 1.54) is 0 Å². The fourth-order valence-corrected chi connectivity index (χ4v) is 1.97. The van der Waals surface area contributed by atoms with Crippen LogP contribution >= 0.6 is 0 Å². The molecular weight excluding hydrogens is 256 g/mol. The maximum atomic E-state index is 11.9. The highest BCUT2D eigenvalue weighted by Gasteiger charge is 2.18. The van der Waals surface area contributed by atoms with Crippen LogP contribution in [0.2, 0.25) is 0 Å². The highest BCUT2D eigenvalue weighted by atomic mass is 16.7. The number of rotatable bonds is 5. The molecule has 1 aliphatic heterocycles. The standard InChI is InChI=1S/C15H22N2O3/c1-15(2,16)7-6-13(18)17-12-5-3-4-11(10-12)14-19-8-9-20-14/h3-5,10,14H,6-9,16H2,1-2H3,(H,17,18). The lowest BCUT2D eigenvalue weighted by Gasteiger charge is -2.17. The molecule has 1 aromatic carbocycles. The van der Waals surface area contributed by atoms with Crippen LogP contribution in [0.15, 0.2) is 24.3 Å². The van der Waals surface area contributed by atoms with Crippen LogP contribution in [0.1, 0.15) is 38.5 Å². The quantitative estimate of drug-likeness (QED) is 0.866.